The van der Waals surface area contributed by atoms with Gasteiger partial charge in [0.25, 0.3) is 0 Å². The summed E-state index contributed by atoms with van der Waals surface area (Å²) in [6.07, 6.45) is 14.2. The van der Waals surface area contributed by atoms with E-state index in [9.17, 15) is 4.79 Å². The van der Waals surface area contributed by atoms with Gasteiger partial charge in [0.15, 0.2) is 0 Å². The average molecular weight is 268 g/mol. The normalized spacial score (nSPS) is 14.1. The zero-order chi connectivity index (χ0) is 14.5. The molecular weight excluding hydrogens is 234 g/mol. The lowest BCUT2D eigenvalue weighted by Gasteiger charge is -2.34. The van der Waals surface area contributed by atoms with E-state index < -0.39 is 0 Å². The monoisotopic (exact) mass is 268 g/mol. The van der Waals surface area contributed by atoms with Gasteiger partial charge in [-0.3, -0.25) is 4.79 Å². The molecule has 0 aliphatic heterocycles. The molecular formula is C17H34NO. The van der Waals surface area contributed by atoms with E-state index >= 15 is 0 Å². The van der Waals surface area contributed by atoms with Crippen molar-refractivity contribution in [1.82, 2.24) is 4.90 Å². The second-order valence-corrected chi connectivity index (χ2v) is 5.61. The van der Waals surface area contributed by atoms with Gasteiger partial charge in [0.1, 0.15) is 0 Å². The second-order valence-electron chi connectivity index (χ2n) is 5.61. The SMILES string of the molecule is CCCCCC(CC)N([C]=O)C(CC)CCCCC. The molecule has 2 unspecified atom stereocenters. The first-order chi connectivity index (χ1) is 9.24. The van der Waals surface area contributed by atoms with Crippen LogP contribution in [0.25, 0.3) is 0 Å². The van der Waals surface area contributed by atoms with Crippen LogP contribution in [0.5, 0.6) is 0 Å². The number of unbranched alkanes of at least 4 members (excludes halogenated alkanes) is 4. The minimum absolute atomic E-state index is 0.399. The predicted octanol–water partition coefficient (Wildman–Crippen LogP) is 5.07. The highest BCUT2D eigenvalue weighted by atomic mass is 16.1. The first-order valence-corrected chi connectivity index (χ1v) is 8.41. The van der Waals surface area contributed by atoms with Crippen LogP contribution in [0, 0.1) is 0 Å². The van der Waals surface area contributed by atoms with Crippen molar-refractivity contribution in [2.45, 2.75) is 104 Å². The number of carbonyl (C=O) groups excluding carboxylic acids is 1. The van der Waals surface area contributed by atoms with Gasteiger partial charge in [0, 0.05) is 12.1 Å². The van der Waals surface area contributed by atoms with E-state index in [4.69, 9.17) is 0 Å². The molecule has 0 bridgehead atoms. The standard InChI is InChI=1S/C17H34NO/c1-5-9-11-13-16(7-3)18(15-19)17(8-4)14-12-10-6-2/h16-17H,5-14H2,1-4H3. The van der Waals surface area contributed by atoms with Crippen LogP contribution in [0.4, 0.5) is 0 Å². The lowest BCUT2D eigenvalue weighted by Crippen LogP contribution is -2.41. The van der Waals surface area contributed by atoms with Crippen molar-refractivity contribution in [1.29, 1.82) is 0 Å². The van der Waals surface area contributed by atoms with Crippen molar-refractivity contribution in [3.8, 4) is 0 Å². The molecule has 0 aliphatic carbocycles. The maximum Gasteiger partial charge on any atom is 0.312 e. The predicted molar refractivity (Wildman–Crippen MR) is 84.0 cm³/mol. The van der Waals surface area contributed by atoms with E-state index in [2.05, 4.69) is 34.1 Å². The molecule has 0 aromatic carbocycles. The van der Waals surface area contributed by atoms with E-state index in [1.165, 1.54) is 38.5 Å². The Balaban J connectivity index is 4.38. The van der Waals surface area contributed by atoms with Crippen molar-refractivity contribution in [3.05, 3.63) is 0 Å². The van der Waals surface area contributed by atoms with Crippen LogP contribution >= 0.6 is 0 Å². The Hall–Kier alpha value is -0.530. The summed E-state index contributed by atoms with van der Waals surface area (Å²) >= 11 is 0. The molecule has 0 fully saturated rings. The van der Waals surface area contributed by atoms with Crippen molar-refractivity contribution < 1.29 is 4.79 Å². The van der Waals surface area contributed by atoms with Crippen molar-refractivity contribution >= 4 is 6.41 Å². The molecule has 2 heteroatoms. The summed E-state index contributed by atoms with van der Waals surface area (Å²) in [6, 6.07) is 0.797. The van der Waals surface area contributed by atoms with E-state index in [0.29, 0.717) is 12.1 Å². The molecule has 2 atom stereocenters. The largest absolute Gasteiger partial charge is 0.329 e. The first kappa shape index (κ1) is 18.5. The lowest BCUT2D eigenvalue weighted by atomic mass is 9.99. The fraction of sp³-hybridized carbons (Fsp3) is 0.941. The molecule has 0 heterocycles. The molecule has 0 spiro atoms. The van der Waals surface area contributed by atoms with Gasteiger partial charge in [-0.1, -0.05) is 66.2 Å². The number of nitrogens with zero attached hydrogens (tertiary/aromatic N) is 1. The van der Waals surface area contributed by atoms with Crippen LogP contribution in [0.3, 0.4) is 0 Å². The zero-order valence-electron chi connectivity index (χ0n) is 13.6. The van der Waals surface area contributed by atoms with Crippen LogP contribution in [0.15, 0.2) is 0 Å². The Morgan fingerprint density at radius 2 is 1.21 bits per heavy atom. The minimum atomic E-state index is 0.399. The van der Waals surface area contributed by atoms with Gasteiger partial charge < -0.3 is 4.90 Å². The molecule has 0 saturated carbocycles. The highest BCUT2D eigenvalue weighted by Crippen LogP contribution is 2.20. The van der Waals surface area contributed by atoms with Gasteiger partial charge in [0.05, 0.1) is 0 Å². The van der Waals surface area contributed by atoms with Crippen molar-refractivity contribution in [3.63, 3.8) is 0 Å². The van der Waals surface area contributed by atoms with Gasteiger partial charge in [-0.05, 0) is 25.7 Å². The van der Waals surface area contributed by atoms with Crippen LogP contribution in [-0.4, -0.2) is 23.4 Å². The molecule has 0 saturated heterocycles. The Morgan fingerprint density at radius 1 is 0.789 bits per heavy atom. The maximum absolute atomic E-state index is 11.4. The lowest BCUT2D eigenvalue weighted by molar-refractivity contribution is 0.189. The van der Waals surface area contributed by atoms with Crippen molar-refractivity contribution in [2.75, 3.05) is 0 Å². The second kappa shape index (κ2) is 12.5. The third kappa shape index (κ3) is 7.59. The van der Waals surface area contributed by atoms with E-state index in [1.54, 1.807) is 0 Å². The van der Waals surface area contributed by atoms with E-state index in [0.717, 1.165) is 25.7 Å². The molecule has 0 aromatic rings. The summed E-state index contributed by atoms with van der Waals surface area (Å²) in [6.45, 7) is 8.84. The van der Waals surface area contributed by atoms with Crippen LogP contribution < -0.4 is 0 Å². The third-order valence-corrected chi connectivity index (χ3v) is 4.12. The summed E-state index contributed by atoms with van der Waals surface area (Å²) in [7, 11) is 0. The summed E-state index contributed by atoms with van der Waals surface area (Å²) in [5.74, 6) is 0. The number of rotatable bonds is 13. The molecule has 0 aliphatic rings. The van der Waals surface area contributed by atoms with Crippen LogP contribution in [-0.2, 0) is 4.79 Å². The minimum Gasteiger partial charge on any atom is -0.329 e. The number of amides is 1. The van der Waals surface area contributed by atoms with Gasteiger partial charge in [0.2, 0.25) is 0 Å². The smallest absolute Gasteiger partial charge is 0.312 e. The molecule has 1 amide bonds. The molecule has 0 N–H and O–H groups in total. The summed E-state index contributed by atoms with van der Waals surface area (Å²) in [5.41, 5.74) is 0. The van der Waals surface area contributed by atoms with E-state index in [-0.39, 0.29) is 0 Å². The van der Waals surface area contributed by atoms with Gasteiger partial charge in [-0.15, -0.1) is 0 Å². The number of hydrogen-bond donors (Lipinski definition) is 0. The quantitative estimate of drug-likeness (QED) is 0.337. The fourth-order valence-corrected chi connectivity index (χ4v) is 2.79. The highest BCUT2D eigenvalue weighted by Gasteiger charge is 2.22. The van der Waals surface area contributed by atoms with Crippen LogP contribution in [0.1, 0.15) is 91.9 Å². The third-order valence-electron chi connectivity index (χ3n) is 4.12. The maximum atomic E-state index is 11.4. The first-order valence-electron chi connectivity index (χ1n) is 8.41. The Kier molecular flexibility index (Phi) is 12.2. The number of hydrogen-bond acceptors (Lipinski definition) is 1. The Labute approximate surface area is 120 Å². The van der Waals surface area contributed by atoms with Gasteiger partial charge in [-0.25, -0.2) is 0 Å². The molecule has 2 nitrogen and oxygen atoms in total. The van der Waals surface area contributed by atoms with Crippen LogP contribution in [0.2, 0.25) is 0 Å². The summed E-state index contributed by atoms with van der Waals surface area (Å²) in [5, 5.41) is 0. The highest BCUT2D eigenvalue weighted by molar-refractivity contribution is 5.49. The summed E-state index contributed by atoms with van der Waals surface area (Å²) < 4.78 is 0. The molecule has 0 rings (SSSR count). The topological polar surface area (TPSA) is 20.3 Å². The fourth-order valence-electron chi connectivity index (χ4n) is 2.79. The molecule has 1 radical (unpaired) electrons. The van der Waals surface area contributed by atoms with E-state index in [1.807, 2.05) is 4.90 Å². The Morgan fingerprint density at radius 3 is 1.47 bits per heavy atom. The Bertz CT molecular complexity index is 187. The van der Waals surface area contributed by atoms with Gasteiger partial charge in [-0.2, -0.15) is 0 Å². The molecule has 0 aromatic heterocycles. The molecule has 19 heavy (non-hydrogen) atoms. The van der Waals surface area contributed by atoms with Gasteiger partial charge >= 0.3 is 6.41 Å². The average Bonchev–Trinajstić information content (AvgIpc) is 2.44. The summed E-state index contributed by atoms with van der Waals surface area (Å²) in [4.78, 5) is 13.4. The van der Waals surface area contributed by atoms with Crippen molar-refractivity contribution in [2.24, 2.45) is 0 Å². The zero-order valence-corrected chi connectivity index (χ0v) is 13.6. The molecule has 113 valence electrons.